The highest BCUT2D eigenvalue weighted by molar-refractivity contribution is 7.92. The van der Waals surface area contributed by atoms with Crippen molar-refractivity contribution in [3.8, 4) is 17.2 Å². The van der Waals surface area contributed by atoms with Gasteiger partial charge >= 0.3 is 0 Å². The molecule has 1 aliphatic heterocycles. The van der Waals surface area contributed by atoms with Crippen LogP contribution in [0, 0.1) is 10.1 Å². The number of rotatable bonds is 8. The van der Waals surface area contributed by atoms with E-state index in [0.29, 0.717) is 23.0 Å². The van der Waals surface area contributed by atoms with Crippen LogP contribution < -0.4 is 24.4 Å². The van der Waals surface area contributed by atoms with E-state index in [1.54, 1.807) is 43.3 Å². The van der Waals surface area contributed by atoms with Gasteiger partial charge in [0.25, 0.3) is 15.7 Å². The van der Waals surface area contributed by atoms with E-state index in [-0.39, 0.29) is 23.1 Å². The average Bonchev–Trinajstić information content (AvgIpc) is 3.30. The molecular weight excluding hydrogens is 464 g/mol. The minimum atomic E-state index is -4.12. The van der Waals surface area contributed by atoms with Gasteiger partial charge in [-0.3, -0.25) is 20.3 Å². The van der Waals surface area contributed by atoms with Gasteiger partial charge in [-0.05, 0) is 49.4 Å². The van der Waals surface area contributed by atoms with Gasteiger partial charge in [0.1, 0.15) is 11.4 Å². The lowest BCUT2D eigenvalue weighted by Gasteiger charge is -2.12. The summed E-state index contributed by atoms with van der Waals surface area (Å²) < 4.78 is 43.8. The van der Waals surface area contributed by atoms with Crippen LogP contribution in [0.2, 0.25) is 0 Å². The second kappa shape index (κ2) is 9.27. The third-order valence-electron chi connectivity index (χ3n) is 4.96. The Hall–Kier alpha value is -4.32. The van der Waals surface area contributed by atoms with Crippen molar-refractivity contribution in [2.24, 2.45) is 5.10 Å². The van der Waals surface area contributed by atoms with Crippen molar-refractivity contribution in [3.05, 3.63) is 76.3 Å². The molecule has 0 bridgehead atoms. The zero-order valence-corrected chi connectivity index (χ0v) is 19.0. The number of fused-ring (bicyclic) bond motifs is 1. The number of hydrogen-bond donors (Lipinski definition) is 2. The molecule has 2 N–H and O–H groups in total. The number of para-hydroxylation sites is 2. The monoisotopic (exact) mass is 484 g/mol. The Morgan fingerprint density at radius 3 is 2.59 bits per heavy atom. The number of nitrogens with zero attached hydrogens (tertiary/aromatic N) is 2. The van der Waals surface area contributed by atoms with Gasteiger partial charge in [-0.25, -0.2) is 8.42 Å². The zero-order chi connectivity index (χ0) is 24.3. The topological polar surface area (TPSA) is 141 Å². The molecule has 0 fully saturated rings. The second-order valence-electron chi connectivity index (χ2n) is 7.12. The van der Waals surface area contributed by atoms with Crippen molar-refractivity contribution in [2.45, 2.75) is 11.8 Å². The Balaban J connectivity index is 1.59. The van der Waals surface area contributed by atoms with Crippen molar-refractivity contribution < 1.29 is 27.6 Å². The average molecular weight is 484 g/mol. The number of methoxy groups -OCH3 is 1. The molecule has 1 aliphatic rings. The smallest absolute Gasteiger partial charge is 0.295 e. The molecule has 12 heteroatoms. The van der Waals surface area contributed by atoms with Crippen molar-refractivity contribution in [1.82, 2.24) is 0 Å². The minimum Gasteiger partial charge on any atom is -0.495 e. The van der Waals surface area contributed by atoms with Crippen LogP contribution in [0.3, 0.4) is 0 Å². The first kappa shape index (κ1) is 22.9. The van der Waals surface area contributed by atoms with Gasteiger partial charge in [0.2, 0.25) is 6.79 Å². The van der Waals surface area contributed by atoms with Crippen LogP contribution in [0.25, 0.3) is 0 Å². The lowest BCUT2D eigenvalue weighted by molar-refractivity contribution is -0.384. The van der Waals surface area contributed by atoms with Gasteiger partial charge in [-0.1, -0.05) is 12.1 Å². The normalized spacial score (nSPS) is 12.8. The fourth-order valence-corrected chi connectivity index (χ4v) is 4.28. The molecule has 176 valence electrons. The van der Waals surface area contributed by atoms with Gasteiger partial charge in [-0.15, -0.1) is 0 Å². The molecule has 3 aromatic carbocycles. The van der Waals surface area contributed by atoms with Crippen molar-refractivity contribution in [2.75, 3.05) is 24.1 Å². The van der Waals surface area contributed by atoms with Crippen molar-refractivity contribution >= 4 is 32.8 Å². The summed E-state index contributed by atoms with van der Waals surface area (Å²) in [6, 6.07) is 15.2. The first-order valence-electron chi connectivity index (χ1n) is 9.93. The van der Waals surface area contributed by atoms with Crippen LogP contribution in [-0.4, -0.2) is 33.0 Å². The van der Waals surface area contributed by atoms with Crippen LogP contribution in [0.4, 0.5) is 17.1 Å². The third kappa shape index (κ3) is 4.71. The molecule has 0 saturated heterocycles. The molecule has 0 aromatic heterocycles. The summed E-state index contributed by atoms with van der Waals surface area (Å²) in [7, 11) is -2.72. The van der Waals surface area contributed by atoms with E-state index < -0.39 is 20.6 Å². The Bertz CT molecular complexity index is 1390. The van der Waals surface area contributed by atoms with Gasteiger partial charge in [0, 0.05) is 11.6 Å². The summed E-state index contributed by atoms with van der Waals surface area (Å²) in [5.41, 5.74) is 3.68. The van der Waals surface area contributed by atoms with E-state index in [2.05, 4.69) is 15.2 Å². The van der Waals surface area contributed by atoms with Crippen LogP contribution in [0.1, 0.15) is 12.5 Å². The molecule has 0 aliphatic carbocycles. The van der Waals surface area contributed by atoms with E-state index in [4.69, 9.17) is 14.2 Å². The maximum atomic E-state index is 12.8. The molecule has 1 heterocycles. The number of sulfonamides is 1. The molecule has 3 aromatic rings. The van der Waals surface area contributed by atoms with E-state index in [9.17, 15) is 18.5 Å². The highest BCUT2D eigenvalue weighted by atomic mass is 32.2. The SMILES string of the molecule is COc1ccccc1NS(=O)(=O)c1ccc(N/N=C(/C)c2ccc3c(c2)OCO3)c([N+](=O)[O-])c1. The first-order valence-corrected chi connectivity index (χ1v) is 11.4. The van der Waals surface area contributed by atoms with E-state index in [0.717, 1.165) is 11.6 Å². The highest BCUT2D eigenvalue weighted by Gasteiger charge is 2.23. The van der Waals surface area contributed by atoms with Crippen LogP contribution in [0.5, 0.6) is 17.2 Å². The molecule has 0 radical (unpaired) electrons. The summed E-state index contributed by atoms with van der Waals surface area (Å²) >= 11 is 0. The summed E-state index contributed by atoms with van der Waals surface area (Å²) in [5, 5.41) is 15.9. The predicted octanol–water partition coefficient (Wildman–Crippen LogP) is 3.97. The van der Waals surface area contributed by atoms with Crippen molar-refractivity contribution in [3.63, 3.8) is 0 Å². The number of nitrogens with one attached hydrogen (secondary N) is 2. The second-order valence-corrected chi connectivity index (χ2v) is 8.80. The lowest BCUT2D eigenvalue weighted by atomic mass is 10.1. The Kier molecular flexibility index (Phi) is 6.23. The molecule has 0 spiro atoms. The maximum absolute atomic E-state index is 12.8. The maximum Gasteiger partial charge on any atom is 0.295 e. The van der Waals surface area contributed by atoms with Crippen molar-refractivity contribution in [1.29, 1.82) is 0 Å². The van der Waals surface area contributed by atoms with Crippen LogP contribution >= 0.6 is 0 Å². The summed E-state index contributed by atoms with van der Waals surface area (Å²) in [6.07, 6.45) is 0. The van der Waals surface area contributed by atoms with Crippen LogP contribution in [-0.2, 0) is 10.0 Å². The van der Waals surface area contributed by atoms with E-state index in [1.807, 2.05) is 0 Å². The summed E-state index contributed by atoms with van der Waals surface area (Å²) in [6.45, 7) is 1.85. The highest BCUT2D eigenvalue weighted by Crippen LogP contribution is 2.33. The number of nitro benzene ring substituents is 1. The van der Waals surface area contributed by atoms with Gasteiger partial charge in [0.05, 0.1) is 28.3 Å². The Labute approximate surface area is 195 Å². The van der Waals surface area contributed by atoms with Gasteiger partial charge in [0.15, 0.2) is 11.5 Å². The fourth-order valence-electron chi connectivity index (χ4n) is 3.19. The number of anilines is 2. The van der Waals surface area contributed by atoms with Crippen LogP contribution in [0.15, 0.2) is 70.7 Å². The van der Waals surface area contributed by atoms with Gasteiger partial charge < -0.3 is 14.2 Å². The number of hydrazone groups is 1. The molecule has 0 unspecified atom stereocenters. The zero-order valence-electron chi connectivity index (χ0n) is 18.1. The molecule has 0 atom stereocenters. The Morgan fingerprint density at radius 2 is 1.82 bits per heavy atom. The fraction of sp³-hybridized carbons (Fsp3) is 0.136. The number of hydrogen-bond acceptors (Lipinski definition) is 9. The molecule has 0 saturated carbocycles. The van der Waals surface area contributed by atoms with Gasteiger partial charge in [-0.2, -0.15) is 5.10 Å². The third-order valence-corrected chi connectivity index (χ3v) is 6.33. The summed E-state index contributed by atoms with van der Waals surface area (Å²) in [5.74, 6) is 1.51. The number of benzene rings is 3. The standard InChI is InChI=1S/C22H20N4O7S/c1-14(15-7-10-21-22(11-15)33-13-32-21)23-24-17-9-8-16(12-19(17)26(27)28)34(29,30)25-18-5-3-4-6-20(18)31-2/h3-12,24-25H,13H2,1-2H3/b23-14-. The van der Waals surface area contributed by atoms with E-state index >= 15 is 0 Å². The number of ether oxygens (including phenoxy) is 3. The quantitative estimate of drug-likeness (QED) is 0.278. The predicted molar refractivity (Wildman–Crippen MR) is 125 cm³/mol. The molecule has 11 nitrogen and oxygen atoms in total. The largest absolute Gasteiger partial charge is 0.495 e. The molecule has 34 heavy (non-hydrogen) atoms. The minimum absolute atomic E-state index is 0.0290. The number of nitro groups is 1. The first-order chi connectivity index (χ1) is 16.3. The lowest BCUT2D eigenvalue weighted by Crippen LogP contribution is -2.14. The molecular formula is C22H20N4O7S. The summed E-state index contributed by atoms with van der Waals surface area (Å²) in [4.78, 5) is 10.7. The molecule has 4 rings (SSSR count). The molecule has 0 amide bonds. The van der Waals surface area contributed by atoms with E-state index in [1.165, 1.54) is 25.3 Å². The Morgan fingerprint density at radius 1 is 1.06 bits per heavy atom.